The molecule has 1 aliphatic heterocycles. The van der Waals surface area contributed by atoms with Crippen LogP contribution in [0.15, 0.2) is 30.3 Å². The van der Waals surface area contributed by atoms with Gasteiger partial charge in [0.1, 0.15) is 0 Å². The number of hydrogen-bond acceptors (Lipinski definition) is 3. The number of nitrogens with one attached hydrogen (secondary N) is 1. The Kier molecular flexibility index (Phi) is 5.86. The molecule has 24 heavy (non-hydrogen) atoms. The fraction of sp³-hybridized carbons (Fsp3) is 0.579. The first kappa shape index (κ1) is 17.0. The molecule has 5 nitrogen and oxygen atoms in total. The van der Waals surface area contributed by atoms with Crippen LogP contribution in [0.25, 0.3) is 0 Å². The average molecular weight is 330 g/mol. The van der Waals surface area contributed by atoms with E-state index >= 15 is 0 Å². The molecule has 130 valence electrons. The van der Waals surface area contributed by atoms with Gasteiger partial charge in [-0.3, -0.25) is 9.59 Å². The third-order valence-electron chi connectivity index (χ3n) is 4.93. The minimum absolute atomic E-state index is 0.00888. The van der Waals surface area contributed by atoms with Crippen molar-refractivity contribution in [3.05, 3.63) is 35.9 Å². The van der Waals surface area contributed by atoms with Crippen LogP contribution >= 0.6 is 0 Å². The summed E-state index contributed by atoms with van der Waals surface area (Å²) in [5.41, 5.74) is 1.12. The van der Waals surface area contributed by atoms with E-state index in [0.29, 0.717) is 26.1 Å². The van der Waals surface area contributed by atoms with Gasteiger partial charge >= 0.3 is 11.8 Å². The standard InChI is InChI=1S/C19H26N2O3/c22-18(20-16-9-5-2-6-10-16)19(23)21-12-11-17(24-14-13-21)15-7-3-1-4-8-15/h1,3-4,7-8,16-17H,2,5-6,9-14H2,(H,20,22). The quantitative estimate of drug-likeness (QED) is 0.847. The summed E-state index contributed by atoms with van der Waals surface area (Å²) in [6.45, 7) is 1.48. The topological polar surface area (TPSA) is 58.6 Å². The Bertz CT molecular complexity index is 555. The number of hydrogen-bond donors (Lipinski definition) is 1. The van der Waals surface area contributed by atoms with Crippen molar-refractivity contribution in [3.63, 3.8) is 0 Å². The predicted molar refractivity (Wildman–Crippen MR) is 91.3 cm³/mol. The van der Waals surface area contributed by atoms with E-state index in [1.165, 1.54) is 6.42 Å². The van der Waals surface area contributed by atoms with E-state index in [0.717, 1.165) is 31.2 Å². The SMILES string of the molecule is O=C(NC1CCCCC1)C(=O)N1CCOC(c2ccccc2)CC1. The van der Waals surface area contributed by atoms with Crippen molar-refractivity contribution in [1.82, 2.24) is 10.2 Å². The fourth-order valence-corrected chi connectivity index (χ4v) is 3.54. The van der Waals surface area contributed by atoms with Gasteiger partial charge in [-0.15, -0.1) is 0 Å². The third-order valence-corrected chi connectivity index (χ3v) is 4.93. The number of amides is 2. The zero-order valence-electron chi connectivity index (χ0n) is 14.1. The minimum Gasteiger partial charge on any atom is -0.372 e. The molecular weight excluding hydrogens is 304 g/mol. The maximum Gasteiger partial charge on any atom is 0.311 e. The number of benzene rings is 1. The lowest BCUT2D eigenvalue weighted by Gasteiger charge is -2.24. The summed E-state index contributed by atoms with van der Waals surface area (Å²) in [6.07, 6.45) is 6.17. The Hall–Kier alpha value is -1.88. The molecule has 1 aromatic carbocycles. The first-order chi connectivity index (χ1) is 11.7. The Morgan fingerprint density at radius 2 is 1.75 bits per heavy atom. The van der Waals surface area contributed by atoms with Crippen molar-refractivity contribution in [2.75, 3.05) is 19.7 Å². The molecule has 1 aromatic rings. The van der Waals surface area contributed by atoms with Crippen LogP contribution in [0, 0.1) is 0 Å². The molecule has 1 N–H and O–H groups in total. The van der Waals surface area contributed by atoms with E-state index in [1.54, 1.807) is 4.90 Å². The smallest absolute Gasteiger partial charge is 0.311 e. The van der Waals surface area contributed by atoms with Gasteiger partial charge in [-0.05, 0) is 24.8 Å². The average Bonchev–Trinajstić information content (AvgIpc) is 2.89. The van der Waals surface area contributed by atoms with Crippen molar-refractivity contribution < 1.29 is 14.3 Å². The number of rotatable bonds is 2. The maximum absolute atomic E-state index is 12.4. The first-order valence-corrected chi connectivity index (χ1v) is 9.00. The van der Waals surface area contributed by atoms with Gasteiger partial charge in [0.05, 0.1) is 12.7 Å². The number of ether oxygens (including phenoxy) is 1. The van der Waals surface area contributed by atoms with Crippen molar-refractivity contribution in [3.8, 4) is 0 Å². The summed E-state index contributed by atoms with van der Waals surface area (Å²) in [6, 6.07) is 10.2. The van der Waals surface area contributed by atoms with Crippen molar-refractivity contribution >= 4 is 11.8 Å². The van der Waals surface area contributed by atoms with Gasteiger partial charge in [0.15, 0.2) is 0 Å². The van der Waals surface area contributed by atoms with Crippen LogP contribution in [-0.4, -0.2) is 42.5 Å². The predicted octanol–water partition coefficient (Wildman–Crippen LogP) is 2.43. The molecule has 1 heterocycles. The molecule has 1 atom stereocenters. The first-order valence-electron chi connectivity index (χ1n) is 9.00. The Labute approximate surface area is 143 Å². The summed E-state index contributed by atoms with van der Waals surface area (Å²) in [5.74, 6) is -0.877. The summed E-state index contributed by atoms with van der Waals surface area (Å²) in [7, 11) is 0. The van der Waals surface area contributed by atoms with E-state index in [9.17, 15) is 9.59 Å². The second-order valence-corrected chi connectivity index (χ2v) is 6.66. The van der Waals surface area contributed by atoms with Crippen LogP contribution in [0.3, 0.4) is 0 Å². The highest BCUT2D eigenvalue weighted by Crippen LogP contribution is 2.23. The largest absolute Gasteiger partial charge is 0.372 e. The monoisotopic (exact) mass is 330 g/mol. The van der Waals surface area contributed by atoms with E-state index in [-0.39, 0.29) is 12.1 Å². The molecule has 3 rings (SSSR count). The Morgan fingerprint density at radius 1 is 1.00 bits per heavy atom. The van der Waals surface area contributed by atoms with Gasteiger partial charge in [-0.2, -0.15) is 0 Å². The second-order valence-electron chi connectivity index (χ2n) is 6.66. The lowest BCUT2D eigenvalue weighted by atomic mass is 9.95. The molecule has 5 heteroatoms. The zero-order valence-corrected chi connectivity index (χ0v) is 14.1. The second kappa shape index (κ2) is 8.29. The molecule has 1 unspecified atom stereocenters. The maximum atomic E-state index is 12.4. The molecule has 1 aliphatic carbocycles. The van der Waals surface area contributed by atoms with Crippen LogP contribution in [0.4, 0.5) is 0 Å². The highest BCUT2D eigenvalue weighted by Gasteiger charge is 2.27. The molecule has 2 amide bonds. The lowest BCUT2D eigenvalue weighted by Crippen LogP contribution is -2.47. The summed E-state index contributed by atoms with van der Waals surface area (Å²) in [4.78, 5) is 26.3. The van der Waals surface area contributed by atoms with Crippen molar-refractivity contribution in [2.24, 2.45) is 0 Å². The molecule has 0 bridgehead atoms. The summed E-state index contributed by atoms with van der Waals surface area (Å²) >= 11 is 0. The summed E-state index contributed by atoms with van der Waals surface area (Å²) < 4.78 is 5.87. The van der Waals surface area contributed by atoms with Crippen LogP contribution < -0.4 is 5.32 Å². The summed E-state index contributed by atoms with van der Waals surface area (Å²) in [5, 5.41) is 2.91. The normalized spacial score (nSPS) is 22.7. The van der Waals surface area contributed by atoms with Gasteiger partial charge in [0.2, 0.25) is 0 Å². The van der Waals surface area contributed by atoms with Crippen LogP contribution in [0.1, 0.15) is 50.2 Å². The van der Waals surface area contributed by atoms with Crippen molar-refractivity contribution in [1.29, 1.82) is 0 Å². The zero-order chi connectivity index (χ0) is 16.8. The van der Waals surface area contributed by atoms with Crippen LogP contribution in [0.2, 0.25) is 0 Å². The fourth-order valence-electron chi connectivity index (χ4n) is 3.54. The molecule has 0 radical (unpaired) electrons. The Morgan fingerprint density at radius 3 is 2.50 bits per heavy atom. The van der Waals surface area contributed by atoms with Gasteiger partial charge in [0, 0.05) is 19.1 Å². The molecule has 2 aliphatic rings. The molecule has 0 aromatic heterocycles. The van der Waals surface area contributed by atoms with Gasteiger partial charge < -0.3 is 15.0 Å². The highest BCUT2D eigenvalue weighted by atomic mass is 16.5. The third kappa shape index (κ3) is 4.35. The van der Waals surface area contributed by atoms with Crippen LogP contribution in [-0.2, 0) is 14.3 Å². The number of nitrogens with zero attached hydrogens (tertiary/aromatic N) is 1. The molecule has 1 saturated carbocycles. The minimum atomic E-state index is -0.458. The number of carbonyl (C=O) groups excluding carboxylic acids is 2. The Balaban J connectivity index is 1.53. The molecule has 2 fully saturated rings. The van der Waals surface area contributed by atoms with E-state index < -0.39 is 11.8 Å². The van der Waals surface area contributed by atoms with E-state index in [2.05, 4.69) is 5.32 Å². The van der Waals surface area contributed by atoms with Gasteiger partial charge in [-0.25, -0.2) is 0 Å². The molecule has 0 spiro atoms. The lowest BCUT2D eigenvalue weighted by molar-refractivity contribution is -0.146. The molecular formula is C19H26N2O3. The van der Waals surface area contributed by atoms with Crippen molar-refractivity contribution in [2.45, 2.75) is 50.7 Å². The van der Waals surface area contributed by atoms with E-state index in [1.807, 2.05) is 30.3 Å². The molecule has 1 saturated heterocycles. The van der Waals surface area contributed by atoms with E-state index in [4.69, 9.17) is 4.74 Å². The van der Waals surface area contributed by atoms with Crippen LogP contribution in [0.5, 0.6) is 0 Å². The van der Waals surface area contributed by atoms with Gasteiger partial charge in [-0.1, -0.05) is 49.6 Å². The van der Waals surface area contributed by atoms with Gasteiger partial charge in [0.25, 0.3) is 0 Å². The number of carbonyl (C=O) groups is 2. The highest BCUT2D eigenvalue weighted by molar-refractivity contribution is 6.35.